The number of carboxylic acids is 1. The molecule has 3 aliphatic heterocycles. The van der Waals surface area contributed by atoms with E-state index < -0.39 is 61.1 Å². The van der Waals surface area contributed by atoms with Gasteiger partial charge in [0, 0.05) is 5.92 Å². The molecule has 0 aromatic heterocycles. The third-order valence-corrected chi connectivity index (χ3v) is 5.93. The van der Waals surface area contributed by atoms with E-state index in [0.717, 1.165) is 6.26 Å². The molecule has 0 radical (unpaired) electrons. The van der Waals surface area contributed by atoms with Gasteiger partial charge in [0.25, 0.3) is 0 Å². The molecule has 0 unspecified atom stereocenters. The third kappa shape index (κ3) is 2.56. The van der Waals surface area contributed by atoms with Gasteiger partial charge >= 0.3 is 5.97 Å². The fraction of sp³-hybridized carbons (Fsp3) is 0.812. The van der Waals surface area contributed by atoms with E-state index >= 15 is 0 Å². The number of ether oxygens (including phenoxy) is 4. The summed E-state index contributed by atoms with van der Waals surface area (Å²) < 4.78 is 22.2. The Balaban J connectivity index is 1.55. The Labute approximate surface area is 148 Å². The van der Waals surface area contributed by atoms with Crippen LogP contribution in [0.1, 0.15) is 13.3 Å². The topological polar surface area (TPSA) is 158 Å². The predicted molar refractivity (Wildman–Crippen MR) is 80.3 cm³/mol. The second kappa shape index (κ2) is 6.13. The van der Waals surface area contributed by atoms with E-state index in [1.807, 2.05) is 6.92 Å². The Kier molecular flexibility index (Phi) is 4.27. The number of aliphatic hydroxyl groups excluding tert-OH is 4. The molecule has 10 atom stereocenters. The van der Waals surface area contributed by atoms with Gasteiger partial charge in [-0.15, -0.1) is 0 Å². The first-order valence-corrected chi connectivity index (χ1v) is 8.50. The van der Waals surface area contributed by atoms with Crippen molar-refractivity contribution in [1.29, 1.82) is 0 Å². The fourth-order valence-corrected chi connectivity index (χ4v) is 4.35. The van der Waals surface area contributed by atoms with Crippen molar-refractivity contribution >= 4 is 5.97 Å². The summed E-state index contributed by atoms with van der Waals surface area (Å²) in [6.07, 6.45) is -6.50. The van der Waals surface area contributed by atoms with Crippen LogP contribution in [0, 0.1) is 11.8 Å². The van der Waals surface area contributed by atoms with Gasteiger partial charge in [-0.1, -0.05) is 0 Å². The quantitative estimate of drug-likeness (QED) is 0.346. The highest BCUT2D eigenvalue weighted by atomic mass is 16.8. The molecule has 5 N–H and O–H groups in total. The zero-order valence-corrected chi connectivity index (χ0v) is 14.0. The van der Waals surface area contributed by atoms with Gasteiger partial charge in [-0.3, -0.25) is 0 Å². The monoisotopic (exact) mass is 374 g/mol. The summed E-state index contributed by atoms with van der Waals surface area (Å²) in [5.74, 6) is -1.84. The van der Waals surface area contributed by atoms with Crippen molar-refractivity contribution in [3.05, 3.63) is 11.8 Å². The molecule has 4 rings (SSSR count). The van der Waals surface area contributed by atoms with Crippen molar-refractivity contribution in [1.82, 2.24) is 0 Å². The van der Waals surface area contributed by atoms with Crippen LogP contribution in [0.3, 0.4) is 0 Å². The number of carboxylic acid groups (broad SMARTS) is 1. The van der Waals surface area contributed by atoms with Crippen LogP contribution in [-0.2, 0) is 23.7 Å². The number of fused-ring (bicyclic) bond motifs is 3. The second-order valence-electron chi connectivity index (χ2n) is 7.37. The van der Waals surface area contributed by atoms with Crippen LogP contribution >= 0.6 is 0 Å². The molecular weight excluding hydrogens is 352 g/mol. The smallest absolute Gasteiger partial charge is 0.334 e. The molecule has 0 aromatic rings. The van der Waals surface area contributed by atoms with Gasteiger partial charge in [0.1, 0.15) is 30.0 Å². The first kappa shape index (κ1) is 18.1. The minimum atomic E-state index is -1.57. The highest BCUT2D eigenvalue weighted by molar-refractivity contribution is 5.87. The molecule has 0 aromatic carbocycles. The summed E-state index contributed by atoms with van der Waals surface area (Å²) in [5.41, 5.74) is -0.459. The van der Waals surface area contributed by atoms with Crippen LogP contribution in [0.15, 0.2) is 11.8 Å². The molecule has 26 heavy (non-hydrogen) atoms. The maximum absolute atomic E-state index is 11.4. The van der Waals surface area contributed by atoms with E-state index in [9.17, 15) is 30.3 Å². The van der Waals surface area contributed by atoms with Crippen molar-refractivity contribution < 1.29 is 49.3 Å². The Hall–Kier alpha value is -1.27. The van der Waals surface area contributed by atoms with E-state index in [4.69, 9.17) is 18.9 Å². The number of carbonyl (C=O) groups is 1. The number of epoxide rings is 1. The Morgan fingerprint density at radius 3 is 2.65 bits per heavy atom. The molecule has 3 fully saturated rings. The molecule has 4 aliphatic rings. The molecule has 1 aliphatic carbocycles. The van der Waals surface area contributed by atoms with Crippen molar-refractivity contribution in [2.45, 2.75) is 62.0 Å². The van der Waals surface area contributed by atoms with Crippen LogP contribution in [0.5, 0.6) is 0 Å². The van der Waals surface area contributed by atoms with Crippen LogP contribution in [0.2, 0.25) is 0 Å². The Morgan fingerprint density at radius 1 is 1.27 bits per heavy atom. The number of hydrogen-bond donors (Lipinski definition) is 5. The summed E-state index contributed by atoms with van der Waals surface area (Å²) in [6.45, 7) is 1.27. The van der Waals surface area contributed by atoms with Gasteiger partial charge in [0.05, 0.1) is 30.5 Å². The van der Waals surface area contributed by atoms with Crippen molar-refractivity contribution in [3.8, 4) is 0 Å². The molecule has 0 amide bonds. The summed E-state index contributed by atoms with van der Waals surface area (Å²) in [4.78, 5) is 11.4. The van der Waals surface area contributed by atoms with E-state index in [0.29, 0.717) is 6.42 Å². The van der Waals surface area contributed by atoms with Crippen molar-refractivity contribution in [3.63, 3.8) is 0 Å². The lowest BCUT2D eigenvalue weighted by Gasteiger charge is -2.43. The molecule has 10 heteroatoms. The van der Waals surface area contributed by atoms with Crippen LogP contribution < -0.4 is 0 Å². The van der Waals surface area contributed by atoms with Crippen LogP contribution in [0.4, 0.5) is 0 Å². The summed E-state index contributed by atoms with van der Waals surface area (Å²) in [7, 11) is 0. The minimum Gasteiger partial charge on any atom is -0.478 e. The summed E-state index contributed by atoms with van der Waals surface area (Å²) in [6, 6.07) is 0. The van der Waals surface area contributed by atoms with E-state index in [1.165, 1.54) is 0 Å². The van der Waals surface area contributed by atoms with Crippen molar-refractivity contribution in [2.75, 3.05) is 6.61 Å². The van der Waals surface area contributed by atoms with Gasteiger partial charge in [-0.2, -0.15) is 0 Å². The maximum Gasteiger partial charge on any atom is 0.334 e. The lowest BCUT2D eigenvalue weighted by Crippen LogP contribution is -2.60. The second-order valence-corrected chi connectivity index (χ2v) is 7.37. The number of aliphatic hydroxyl groups is 4. The standard InChI is InChI=1S/C16H22O10/c1-16-8(26-16)2-5-6(13(21)22)4-23-14(9(5)16)25-15-12(20)11(19)10(18)7(3-17)24-15/h4-5,7-12,14-15,17-20H,2-3H2,1H3,(H,21,22)/t5-,7+,8-,9-,10+,11-,12+,14+,15-,16-/m1/s1. The first-order chi connectivity index (χ1) is 12.3. The largest absolute Gasteiger partial charge is 0.478 e. The fourth-order valence-electron chi connectivity index (χ4n) is 4.35. The van der Waals surface area contributed by atoms with Crippen molar-refractivity contribution in [2.24, 2.45) is 11.8 Å². The van der Waals surface area contributed by atoms with E-state index in [-0.39, 0.29) is 17.6 Å². The van der Waals surface area contributed by atoms with Crippen LogP contribution in [-0.4, -0.2) is 86.8 Å². The Bertz CT molecular complexity index is 620. The summed E-state index contributed by atoms with van der Waals surface area (Å²) >= 11 is 0. The van der Waals surface area contributed by atoms with Gasteiger partial charge in [-0.25, -0.2) is 4.79 Å². The average Bonchev–Trinajstić information content (AvgIpc) is 3.16. The summed E-state index contributed by atoms with van der Waals surface area (Å²) in [5, 5.41) is 48.5. The van der Waals surface area contributed by atoms with Gasteiger partial charge < -0.3 is 44.5 Å². The number of hydrogen-bond acceptors (Lipinski definition) is 9. The predicted octanol–water partition coefficient (Wildman–Crippen LogP) is -2.08. The first-order valence-electron chi connectivity index (χ1n) is 8.50. The van der Waals surface area contributed by atoms with E-state index in [2.05, 4.69) is 0 Å². The Morgan fingerprint density at radius 2 is 2.00 bits per heavy atom. The average molecular weight is 374 g/mol. The highest BCUT2D eigenvalue weighted by Crippen LogP contribution is 2.61. The minimum absolute atomic E-state index is 0.0946. The SMILES string of the molecule is C[C@@]12O[C@@H]1C[C@@H]1C(C(=O)O)=CO[C@@H](O[C@H]3O[C@@H](CO)[C@H](O)[C@@H](O)[C@@H]3O)[C@@H]12. The maximum atomic E-state index is 11.4. The normalized spacial score (nSPS) is 52.5. The highest BCUT2D eigenvalue weighted by Gasteiger charge is 2.70. The third-order valence-electron chi connectivity index (χ3n) is 5.93. The van der Waals surface area contributed by atoms with Crippen LogP contribution in [0.25, 0.3) is 0 Å². The molecule has 1 saturated carbocycles. The lowest BCUT2D eigenvalue weighted by atomic mass is 9.82. The number of rotatable bonds is 4. The van der Waals surface area contributed by atoms with Gasteiger partial charge in [0.2, 0.25) is 6.29 Å². The molecule has 0 bridgehead atoms. The molecular formula is C16H22O10. The zero-order chi connectivity index (χ0) is 18.8. The van der Waals surface area contributed by atoms with Gasteiger partial charge in [-0.05, 0) is 13.3 Å². The zero-order valence-electron chi connectivity index (χ0n) is 14.0. The molecule has 146 valence electrons. The lowest BCUT2D eigenvalue weighted by molar-refractivity contribution is -0.343. The molecule has 0 spiro atoms. The molecule has 3 heterocycles. The van der Waals surface area contributed by atoms with E-state index in [1.54, 1.807) is 0 Å². The van der Waals surface area contributed by atoms with Gasteiger partial charge in [0.15, 0.2) is 6.29 Å². The molecule has 2 saturated heterocycles. The molecule has 10 nitrogen and oxygen atoms in total. The number of aliphatic carboxylic acids is 1.